The van der Waals surface area contributed by atoms with Crippen molar-refractivity contribution >= 4 is 33.6 Å². The van der Waals surface area contributed by atoms with Crippen molar-refractivity contribution in [3.05, 3.63) is 59.9 Å². The maximum Gasteiger partial charge on any atom is 0.254 e. The van der Waals surface area contributed by atoms with Crippen LogP contribution in [-0.2, 0) is 16.0 Å². The Labute approximate surface area is 178 Å². The Bertz CT molecular complexity index is 1290. The predicted molar refractivity (Wildman–Crippen MR) is 116 cm³/mol. The normalized spacial score (nSPS) is 14.3. The van der Waals surface area contributed by atoms with Crippen molar-refractivity contribution in [3.8, 4) is 11.4 Å². The smallest absolute Gasteiger partial charge is 0.254 e. The van der Waals surface area contributed by atoms with Gasteiger partial charge in [-0.15, -0.1) is 0 Å². The molecule has 0 saturated carbocycles. The van der Waals surface area contributed by atoms with Gasteiger partial charge >= 0.3 is 0 Å². The van der Waals surface area contributed by atoms with E-state index in [9.17, 15) is 9.59 Å². The van der Waals surface area contributed by atoms with Crippen molar-refractivity contribution in [3.63, 3.8) is 0 Å². The molecule has 31 heavy (non-hydrogen) atoms. The van der Waals surface area contributed by atoms with Gasteiger partial charge in [-0.1, -0.05) is 6.07 Å². The number of fused-ring (bicyclic) bond motifs is 3. The van der Waals surface area contributed by atoms with Crippen molar-refractivity contribution in [1.82, 2.24) is 19.9 Å². The number of rotatable bonds is 4. The van der Waals surface area contributed by atoms with Crippen LogP contribution in [0.4, 0.5) is 0 Å². The van der Waals surface area contributed by atoms with E-state index in [4.69, 9.17) is 10.5 Å². The van der Waals surface area contributed by atoms with Crippen molar-refractivity contribution < 1.29 is 14.3 Å². The van der Waals surface area contributed by atoms with Gasteiger partial charge in [-0.05, 0) is 35.9 Å². The molecule has 2 aromatic heterocycles. The van der Waals surface area contributed by atoms with Crippen molar-refractivity contribution in [2.24, 2.45) is 5.73 Å². The molecule has 1 saturated heterocycles. The number of aromatic amines is 1. The molecule has 1 fully saturated rings. The van der Waals surface area contributed by atoms with Gasteiger partial charge in [-0.2, -0.15) is 0 Å². The zero-order valence-electron chi connectivity index (χ0n) is 16.8. The average molecular weight is 415 g/mol. The first-order chi connectivity index (χ1) is 15.1. The lowest BCUT2D eigenvalue weighted by molar-refractivity contribution is -0.117. The fourth-order valence-electron chi connectivity index (χ4n) is 4.07. The molecule has 3 N–H and O–H groups in total. The topological polar surface area (TPSA) is 114 Å². The number of nitrogens with two attached hydrogens (primary N) is 1. The molecule has 2 aromatic carbocycles. The van der Waals surface area contributed by atoms with Crippen LogP contribution < -0.4 is 5.73 Å². The Morgan fingerprint density at radius 2 is 1.84 bits per heavy atom. The second-order valence-electron chi connectivity index (χ2n) is 7.56. The Hall–Kier alpha value is -3.78. The fourth-order valence-corrected chi connectivity index (χ4v) is 4.07. The van der Waals surface area contributed by atoms with E-state index in [1.807, 2.05) is 30.3 Å². The molecule has 3 heterocycles. The highest BCUT2D eigenvalue weighted by molar-refractivity contribution is 6.11. The Balaban J connectivity index is 1.64. The summed E-state index contributed by atoms with van der Waals surface area (Å²) >= 11 is 0. The highest BCUT2D eigenvalue weighted by atomic mass is 16.5. The zero-order valence-corrected chi connectivity index (χ0v) is 16.8. The third kappa shape index (κ3) is 3.62. The fraction of sp³-hybridized carbons (Fsp3) is 0.217. The molecule has 0 unspecified atom stereocenters. The van der Waals surface area contributed by atoms with Crippen LogP contribution in [0, 0.1) is 0 Å². The van der Waals surface area contributed by atoms with E-state index in [1.165, 1.54) is 0 Å². The molecule has 0 atom stereocenters. The highest BCUT2D eigenvalue weighted by Gasteiger charge is 2.20. The van der Waals surface area contributed by atoms with E-state index in [1.54, 1.807) is 23.4 Å². The van der Waals surface area contributed by atoms with Crippen molar-refractivity contribution in [1.29, 1.82) is 0 Å². The number of nitrogens with zero attached hydrogens (tertiary/aromatic N) is 3. The number of carbonyl (C=O) groups excluding carboxylic acids is 2. The largest absolute Gasteiger partial charge is 0.378 e. The maximum atomic E-state index is 12.9. The van der Waals surface area contributed by atoms with E-state index >= 15 is 0 Å². The Kier molecular flexibility index (Phi) is 4.83. The third-order valence-corrected chi connectivity index (χ3v) is 5.52. The number of amides is 2. The van der Waals surface area contributed by atoms with Crippen molar-refractivity contribution in [2.45, 2.75) is 6.42 Å². The molecule has 0 radical (unpaired) electrons. The third-order valence-electron chi connectivity index (χ3n) is 5.52. The summed E-state index contributed by atoms with van der Waals surface area (Å²) in [5.41, 5.74) is 9.34. The molecule has 1 aliphatic rings. The molecule has 0 spiro atoms. The number of morpholine rings is 1. The van der Waals surface area contributed by atoms with E-state index in [2.05, 4.69) is 15.0 Å². The van der Waals surface area contributed by atoms with Gasteiger partial charge in [-0.25, -0.2) is 9.97 Å². The number of carbonyl (C=O) groups is 2. The molecule has 4 aromatic rings. The molecule has 0 bridgehead atoms. The van der Waals surface area contributed by atoms with Crippen LogP contribution >= 0.6 is 0 Å². The SMILES string of the molecule is NC(=O)Cc1cc(-c2ncccn2)cc2c1[nH]c1cc(C(=O)N3CCOCC3)ccc12. The lowest BCUT2D eigenvalue weighted by atomic mass is 10.0. The van der Waals surface area contributed by atoms with Crippen LogP contribution in [0.2, 0.25) is 0 Å². The summed E-state index contributed by atoms with van der Waals surface area (Å²) in [4.78, 5) is 38.4. The zero-order chi connectivity index (χ0) is 21.4. The number of benzene rings is 2. The van der Waals surface area contributed by atoms with Gasteiger partial charge in [0, 0.05) is 52.9 Å². The minimum Gasteiger partial charge on any atom is -0.378 e. The lowest BCUT2D eigenvalue weighted by Gasteiger charge is -2.26. The van der Waals surface area contributed by atoms with E-state index in [0.29, 0.717) is 37.7 Å². The first-order valence-electron chi connectivity index (χ1n) is 10.1. The van der Waals surface area contributed by atoms with Crippen LogP contribution in [0.25, 0.3) is 33.2 Å². The standard InChI is InChI=1S/C23H21N5O3/c24-20(29)13-15-10-16(22-25-4-1-5-26-22)11-18-17-3-2-14(12-19(17)27-21(15)18)23(30)28-6-8-31-9-7-28/h1-5,10-12,27H,6-9,13H2,(H2,24,29). The molecule has 0 aliphatic carbocycles. The van der Waals surface area contributed by atoms with Crippen molar-refractivity contribution in [2.75, 3.05) is 26.3 Å². The van der Waals surface area contributed by atoms with Crippen LogP contribution in [0.5, 0.6) is 0 Å². The van der Waals surface area contributed by atoms with Crippen LogP contribution in [0.1, 0.15) is 15.9 Å². The molecule has 5 rings (SSSR count). The number of H-pyrrole nitrogens is 1. The number of hydrogen-bond acceptors (Lipinski definition) is 5. The van der Waals surface area contributed by atoms with Crippen LogP contribution in [0.3, 0.4) is 0 Å². The quantitative estimate of drug-likeness (QED) is 0.531. The van der Waals surface area contributed by atoms with Gasteiger partial charge in [0.2, 0.25) is 5.91 Å². The minimum atomic E-state index is -0.422. The number of hydrogen-bond donors (Lipinski definition) is 2. The van der Waals surface area contributed by atoms with Gasteiger partial charge in [0.1, 0.15) is 0 Å². The summed E-state index contributed by atoms with van der Waals surface area (Å²) in [5, 5.41) is 1.89. The lowest BCUT2D eigenvalue weighted by Crippen LogP contribution is -2.40. The first-order valence-corrected chi connectivity index (χ1v) is 10.1. The van der Waals surface area contributed by atoms with Gasteiger partial charge in [0.15, 0.2) is 5.82 Å². The monoisotopic (exact) mass is 415 g/mol. The number of ether oxygens (including phenoxy) is 1. The number of aromatic nitrogens is 3. The molecule has 8 heteroatoms. The van der Waals surface area contributed by atoms with Gasteiger partial charge in [0.25, 0.3) is 5.91 Å². The summed E-state index contributed by atoms with van der Waals surface area (Å²) in [6.45, 7) is 2.29. The summed E-state index contributed by atoms with van der Waals surface area (Å²) < 4.78 is 5.34. The van der Waals surface area contributed by atoms with E-state index < -0.39 is 5.91 Å². The van der Waals surface area contributed by atoms with E-state index in [0.717, 1.165) is 32.9 Å². The Morgan fingerprint density at radius 1 is 1.06 bits per heavy atom. The minimum absolute atomic E-state index is 0.0143. The molecular weight excluding hydrogens is 394 g/mol. The molecule has 156 valence electrons. The summed E-state index contributed by atoms with van der Waals surface area (Å²) in [7, 11) is 0. The van der Waals surface area contributed by atoms with Gasteiger partial charge in [-0.3, -0.25) is 9.59 Å². The molecule has 8 nitrogen and oxygen atoms in total. The van der Waals surface area contributed by atoms with E-state index in [-0.39, 0.29) is 12.3 Å². The van der Waals surface area contributed by atoms with Crippen LogP contribution in [-0.4, -0.2) is 58.0 Å². The predicted octanol–water partition coefficient (Wildman–Crippen LogP) is 2.28. The Morgan fingerprint density at radius 3 is 2.58 bits per heavy atom. The average Bonchev–Trinajstić information content (AvgIpc) is 3.17. The molecule has 1 aliphatic heterocycles. The molecular formula is C23H21N5O3. The molecule has 2 amide bonds. The van der Waals surface area contributed by atoms with Gasteiger partial charge in [0.05, 0.1) is 25.2 Å². The summed E-state index contributed by atoms with van der Waals surface area (Å²) in [5.74, 6) is 0.137. The number of primary amides is 1. The summed E-state index contributed by atoms with van der Waals surface area (Å²) in [6.07, 6.45) is 3.45. The maximum absolute atomic E-state index is 12.9. The number of nitrogens with one attached hydrogen (secondary N) is 1. The second-order valence-corrected chi connectivity index (χ2v) is 7.56. The second kappa shape index (κ2) is 7.81. The highest BCUT2D eigenvalue weighted by Crippen LogP contribution is 2.32. The van der Waals surface area contributed by atoms with Gasteiger partial charge < -0.3 is 20.4 Å². The van der Waals surface area contributed by atoms with Crippen LogP contribution in [0.15, 0.2) is 48.8 Å². The summed E-state index contributed by atoms with van der Waals surface area (Å²) in [6, 6.07) is 11.3. The first kappa shape index (κ1) is 19.2.